The third-order valence-electron chi connectivity index (χ3n) is 2.83. The van der Waals surface area contributed by atoms with Crippen molar-refractivity contribution in [2.24, 2.45) is 7.05 Å². The monoisotopic (exact) mass is 247 g/mol. The number of hydrogen-bond donors (Lipinski definition) is 0. The number of amides is 1. The van der Waals surface area contributed by atoms with Gasteiger partial charge in [0, 0.05) is 44.8 Å². The van der Waals surface area contributed by atoms with Crippen molar-refractivity contribution in [3.63, 3.8) is 0 Å². The van der Waals surface area contributed by atoms with E-state index < -0.39 is 0 Å². The van der Waals surface area contributed by atoms with E-state index in [-0.39, 0.29) is 11.9 Å². The standard InChI is InChI=1S/C12H17N5O/c1-10(17-6-4-5-13-17)12(18)15(2)8-11-7-14-16(3)9-11/h4-7,9-10H,8H2,1-3H3/t10-/m0/s1. The molecule has 0 saturated carbocycles. The molecule has 6 heteroatoms. The molecule has 6 nitrogen and oxygen atoms in total. The minimum absolute atomic E-state index is 0.0301. The first-order chi connectivity index (χ1) is 8.58. The van der Waals surface area contributed by atoms with E-state index in [1.165, 1.54) is 0 Å². The molecule has 0 aliphatic heterocycles. The molecule has 2 aromatic heterocycles. The molecule has 0 radical (unpaired) electrons. The molecule has 0 spiro atoms. The van der Waals surface area contributed by atoms with Crippen LogP contribution in [-0.2, 0) is 18.4 Å². The van der Waals surface area contributed by atoms with Gasteiger partial charge in [-0.05, 0) is 13.0 Å². The molecule has 2 rings (SSSR count). The fourth-order valence-corrected chi connectivity index (χ4v) is 1.85. The average Bonchev–Trinajstić information content (AvgIpc) is 2.98. The van der Waals surface area contributed by atoms with E-state index in [2.05, 4.69) is 10.2 Å². The van der Waals surface area contributed by atoms with Gasteiger partial charge < -0.3 is 4.90 Å². The average molecular weight is 247 g/mol. The number of likely N-dealkylation sites (N-methyl/N-ethyl adjacent to an activating group) is 1. The zero-order valence-corrected chi connectivity index (χ0v) is 10.8. The first-order valence-corrected chi connectivity index (χ1v) is 5.79. The van der Waals surface area contributed by atoms with E-state index in [1.54, 1.807) is 39.9 Å². The van der Waals surface area contributed by atoms with Gasteiger partial charge in [0.25, 0.3) is 0 Å². The molecule has 0 bridgehead atoms. The highest BCUT2D eigenvalue weighted by molar-refractivity contribution is 5.79. The van der Waals surface area contributed by atoms with Crippen molar-refractivity contribution >= 4 is 5.91 Å². The summed E-state index contributed by atoms with van der Waals surface area (Å²) in [5.74, 6) is 0.0301. The minimum Gasteiger partial charge on any atom is -0.339 e. The van der Waals surface area contributed by atoms with E-state index in [0.717, 1.165) is 5.56 Å². The zero-order chi connectivity index (χ0) is 13.1. The maximum atomic E-state index is 12.2. The van der Waals surface area contributed by atoms with Crippen LogP contribution < -0.4 is 0 Å². The number of aromatic nitrogens is 4. The molecule has 0 fully saturated rings. The molecule has 2 heterocycles. The van der Waals surface area contributed by atoms with E-state index in [9.17, 15) is 4.79 Å². The molecule has 0 N–H and O–H groups in total. The fourth-order valence-electron chi connectivity index (χ4n) is 1.85. The quantitative estimate of drug-likeness (QED) is 0.804. The van der Waals surface area contributed by atoms with Crippen LogP contribution in [0.4, 0.5) is 0 Å². The molecule has 1 amide bonds. The molecular formula is C12H17N5O. The summed E-state index contributed by atoms with van der Waals surface area (Å²) in [5, 5.41) is 8.17. The normalized spacial score (nSPS) is 12.4. The second-order valence-corrected chi connectivity index (χ2v) is 4.38. The van der Waals surface area contributed by atoms with Crippen LogP contribution >= 0.6 is 0 Å². The highest BCUT2D eigenvalue weighted by atomic mass is 16.2. The maximum Gasteiger partial charge on any atom is 0.247 e. The lowest BCUT2D eigenvalue weighted by molar-refractivity contribution is -0.133. The Morgan fingerprint density at radius 2 is 2.28 bits per heavy atom. The lowest BCUT2D eigenvalue weighted by Crippen LogP contribution is -2.32. The maximum absolute atomic E-state index is 12.2. The summed E-state index contributed by atoms with van der Waals surface area (Å²) >= 11 is 0. The second kappa shape index (κ2) is 5.03. The van der Waals surface area contributed by atoms with Crippen LogP contribution in [-0.4, -0.2) is 37.4 Å². The summed E-state index contributed by atoms with van der Waals surface area (Å²) in [6.07, 6.45) is 7.14. The Morgan fingerprint density at radius 3 is 2.83 bits per heavy atom. The Balaban J connectivity index is 2.00. The van der Waals surface area contributed by atoms with E-state index in [4.69, 9.17) is 0 Å². The number of carbonyl (C=O) groups is 1. The van der Waals surface area contributed by atoms with Crippen LogP contribution in [0.3, 0.4) is 0 Å². The molecule has 18 heavy (non-hydrogen) atoms. The lowest BCUT2D eigenvalue weighted by Gasteiger charge is -2.21. The van der Waals surface area contributed by atoms with Gasteiger partial charge in [-0.15, -0.1) is 0 Å². The third kappa shape index (κ3) is 2.58. The van der Waals surface area contributed by atoms with Crippen molar-refractivity contribution in [2.75, 3.05) is 7.05 Å². The Kier molecular flexibility index (Phi) is 3.45. The van der Waals surface area contributed by atoms with E-state index >= 15 is 0 Å². The zero-order valence-electron chi connectivity index (χ0n) is 10.8. The smallest absolute Gasteiger partial charge is 0.247 e. The van der Waals surface area contributed by atoms with Gasteiger partial charge in [-0.1, -0.05) is 0 Å². The summed E-state index contributed by atoms with van der Waals surface area (Å²) in [7, 11) is 3.65. The van der Waals surface area contributed by atoms with Crippen molar-refractivity contribution in [3.8, 4) is 0 Å². The molecule has 1 atom stereocenters. The van der Waals surface area contributed by atoms with Gasteiger partial charge in [0.05, 0.1) is 6.20 Å². The molecule has 0 aliphatic rings. The van der Waals surface area contributed by atoms with Crippen molar-refractivity contribution in [1.29, 1.82) is 0 Å². The number of carbonyl (C=O) groups excluding carboxylic acids is 1. The molecule has 0 aromatic carbocycles. The predicted octanol–water partition coefficient (Wildman–Crippen LogP) is 0.836. The first-order valence-electron chi connectivity index (χ1n) is 5.79. The number of aryl methyl sites for hydroxylation is 1. The highest BCUT2D eigenvalue weighted by Crippen LogP contribution is 2.10. The summed E-state index contributed by atoms with van der Waals surface area (Å²) in [6, 6.07) is 1.52. The second-order valence-electron chi connectivity index (χ2n) is 4.38. The van der Waals surface area contributed by atoms with Gasteiger partial charge in [0.15, 0.2) is 0 Å². The Bertz CT molecular complexity index is 516. The van der Waals surface area contributed by atoms with Crippen LogP contribution in [0.1, 0.15) is 18.5 Å². The van der Waals surface area contributed by atoms with Crippen LogP contribution in [0, 0.1) is 0 Å². The van der Waals surface area contributed by atoms with Crippen molar-refractivity contribution in [1.82, 2.24) is 24.5 Å². The fraction of sp³-hybridized carbons (Fsp3) is 0.417. The van der Waals surface area contributed by atoms with Crippen molar-refractivity contribution < 1.29 is 4.79 Å². The largest absolute Gasteiger partial charge is 0.339 e. The molecular weight excluding hydrogens is 230 g/mol. The van der Waals surface area contributed by atoms with Crippen molar-refractivity contribution in [2.45, 2.75) is 19.5 Å². The van der Waals surface area contributed by atoms with Crippen LogP contribution in [0.5, 0.6) is 0 Å². The summed E-state index contributed by atoms with van der Waals surface area (Å²) in [5.41, 5.74) is 1.01. The topological polar surface area (TPSA) is 56.0 Å². The van der Waals surface area contributed by atoms with Crippen molar-refractivity contribution in [3.05, 3.63) is 36.4 Å². The van der Waals surface area contributed by atoms with Gasteiger partial charge in [-0.25, -0.2) is 0 Å². The van der Waals surface area contributed by atoms with Gasteiger partial charge in [-0.2, -0.15) is 10.2 Å². The predicted molar refractivity (Wildman–Crippen MR) is 66.6 cm³/mol. The third-order valence-corrected chi connectivity index (χ3v) is 2.83. The van der Waals surface area contributed by atoms with Crippen LogP contribution in [0.2, 0.25) is 0 Å². The summed E-state index contributed by atoms with van der Waals surface area (Å²) in [6.45, 7) is 2.40. The van der Waals surface area contributed by atoms with Gasteiger partial charge in [0.2, 0.25) is 5.91 Å². The van der Waals surface area contributed by atoms with E-state index in [1.807, 2.05) is 26.2 Å². The number of rotatable bonds is 4. The molecule has 0 saturated heterocycles. The van der Waals surface area contributed by atoms with E-state index in [0.29, 0.717) is 6.54 Å². The Morgan fingerprint density at radius 1 is 1.50 bits per heavy atom. The molecule has 0 aliphatic carbocycles. The molecule has 2 aromatic rings. The van der Waals surface area contributed by atoms with Crippen LogP contribution in [0.15, 0.2) is 30.9 Å². The minimum atomic E-state index is -0.290. The Labute approximate surface area is 106 Å². The summed E-state index contributed by atoms with van der Waals surface area (Å²) in [4.78, 5) is 13.9. The summed E-state index contributed by atoms with van der Waals surface area (Å²) < 4.78 is 3.38. The number of nitrogens with zero attached hydrogens (tertiary/aromatic N) is 5. The van der Waals surface area contributed by atoms with Gasteiger partial charge >= 0.3 is 0 Å². The first kappa shape index (κ1) is 12.3. The SMILES string of the molecule is C[C@@H](C(=O)N(C)Cc1cnn(C)c1)n1cccn1. The van der Waals surface area contributed by atoms with Gasteiger partial charge in [0.1, 0.15) is 6.04 Å². The highest BCUT2D eigenvalue weighted by Gasteiger charge is 2.19. The van der Waals surface area contributed by atoms with Crippen LogP contribution in [0.25, 0.3) is 0 Å². The van der Waals surface area contributed by atoms with Gasteiger partial charge in [-0.3, -0.25) is 14.2 Å². The Hall–Kier alpha value is -2.11. The lowest BCUT2D eigenvalue weighted by atomic mass is 10.2. The molecule has 0 unspecified atom stereocenters. The number of hydrogen-bond acceptors (Lipinski definition) is 3. The molecule has 96 valence electrons.